The van der Waals surface area contributed by atoms with E-state index in [4.69, 9.17) is 17.3 Å². The van der Waals surface area contributed by atoms with Crippen LogP contribution in [-0.4, -0.2) is 30.4 Å². The van der Waals surface area contributed by atoms with Crippen molar-refractivity contribution in [2.75, 3.05) is 19.6 Å². The van der Waals surface area contributed by atoms with Gasteiger partial charge in [-0.15, -0.1) is 0 Å². The fourth-order valence-corrected chi connectivity index (χ4v) is 2.65. The Bertz CT molecular complexity index is 439. The zero-order chi connectivity index (χ0) is 13.1. The normalized spacial score (nSPS) is 16.9. The van der Waals surface area contributed by atoms with E-state index in [1.54, 1.807) is 0 Å². The highest BCUT2D eigenvalue weighted by Gasteiger charge is 2.23. The van der Waals surface area contributed by atoms with Gasteiger partial charge in [0.05, 0.1) is 10.6 Å². The largest absolute Gasteiger partial charge is 0.339 e. The molecule has 0 unspecified atom stereocenters. The summed E-state index contributed by atoms with van der Waals surface area (Å²) in [6.45, 7) is 4.25. The summed E-state index contributed by atoms with van der Waals surface area (Å²) >= 11 is 6.13. The monoisotopic (exact) mass is 266 g/mol. The molecule has 18 heavy (non-hydrogen) atoms. The summed E-state index contributed by atoms with van der Waals surface area (Å²) in [5.41, 5.74) is 7.33. The molecule has 1 aliphatic heterocycles. The highest BCUT2D eigenvalue weighted by molar-refractivity contribution is 6.33. The molecule has 1 aliphatic rings. The smallest absolute Gasteiger partial charge is 0.255 e. The van der Waals surface area contributed by atoms with Gasteiger partial charge in [-0.25, -0.2) is 0 Å². The maximum atomic E-state index is 12.3. The number of halogens is 1. The lowest BCUT2D eigenvalue weighted by atomic mass is 9.96. The first kappa shape index (κ1) is 13.4. The molecule has 1 fully saturated rings. The van der Waals surface area contributed by atoms with Crippen molar-refractivity contribution in [2.24, 2.45) is 11.7 Å². The fraction of sp³-hybridized carbons (Fsp3) is 0.500. The Balaban J connectivity index is 2.08. The maximum Gasteiger partial charge on any atom is 0.255 e. The van der Waals surface area contributed by atoms with Crippen LogP contribution in [-0.2, 0) is 0 Å². The van der Waals surface area contributed by atoms with Gasteiger partial charge in [0, 0.05) is 13.1 Å². The van der Waals surface area contributed by atoms with Gasteiger partial charge < -0.3 is 10.6 Å². The standard InChI is InChI=1S/C14H19ClN2O/c1-10-2-3-12(13(15)8-10)14(18)17-6-4-11(9-16)5-7-17/h2-3,8,11H,4-7,9,16H2,1H3. The summed E-state index contributed by atoms with van der Waals surface area (Å²) in [5.74, 6) is 0.595. The molecule has 0 spiro atoms. The minimum absolute atomic E-state index is 0.0375. The molecule has 0 atom stereocenters. The summed E-state index contributed by atoms with van der Waals surface area (Å²) in [4.78, 5) is 14.2. The predicted octanol–water partition coefficient (Wildman–Crippen LogP) is 2.46. The molecule has 2 rings (SSSR count). The molecule has 98 valence electrons. The number of aryl methyl sites for hydroxylation is 1. The lowest BCUT2D eigenvalue weighted by Gasteiger charge is -2.31. The van der Waals surface area contributed by atoms with Crippen LogP contribution in [0.25, 0.3) is 0 Å². The highest BCUT2D eigenvalue weighted by Crippen LogP contribution is 2.22. The number of amides is 1. The van der Waals surface area contributed by atoms with Crippen molar-refractivity contribution in [3.63, 3.8) is 0 Å². The number of benzene rings is 1. The van der Waals surface area contributed by atoms with E-state index in [1.807, 2.05) is 30.0 Å². The van der Waals surface area contributed by atoms with E-state index < -0.39 is 0 Å². The number of piperidine rings is 1. The number of hydrogen-bond donors (Lipinski definition) is 1. The van der Waals surface area contributed by atoms with Gasteiger partial charge in [-0.2, -0.15) is 0 Å². The van der Waals surface area contributed by atoms with Crippen molar-refractivity contribution in [3.8, 4) is 0 Å². The van der Waals surface area contributed by atoms with E-state index in [2.05, 4.69) is 0 Å². The molecular weight excluding hydrogens is 248 g/mol. The molecule has 0 radical (unpaired) electrons. The molecule has 3 nitrogen and oxygen atoms in total. The Labute approximate surface area is 113 Å². The molecule has 1 aromatic carbocycles. The van der Waals surface area contributed by atoms with Gasteiger partial charge >= 0.3 is 0 Å². The molecule has 1 heterocycles. The van der Waals surface area contributed by atoms with Gasteiger partial charge in [0.2, 0.25) is 0 Å². The van der Waals surface area contributed by atoms with E-state index in [9.17, 15) is 4.79 Å². The topological polar surface area (TPSA) is 46.3 Å². The van der Waals surface area contributed by atoms with Gasteiger partial charge in [-0.1, -0.05) is 17.7 Å². The van der Waals surface area contributed by atoms with Crippen LogP contribution in [0, 0.1) is 12.8 Å². The number of carbonyl (C=O) groups is 1. The van der Waals surface area contributed by atoms with Gasteiger partial charge in [-0.3, -0.25) is 4.79 Å². The molecule has 0 aromatic heterocycles. The molecular formula is C14H19ClN2O. The first-order chi connectivity index (χ1) is 8.61. The molecule has 2 N–H and O–H groups in total. The summed E-state index contributed by atoms with van der Waals surface area (Å²) in [6.07, 6.45) is 1.98. The minimum Gasteiger partial charge on any atom is -0.339 e. The van der Waals surface area contributed by atoms with Gasteiger partial charge in [0.1, 0.15) is 0 Å². The zero-order valence-electron chi connectivity index (χ0n) is 10.7. The van der Waals surface area contributed by atoms with Crippen LogP contribution >= 0.6 is 11.6 Å². The highest BCUT2D eigenvalue weighted by atomic mass is 35.5. The van der Waals surface area contributed by atoms with Crippen LogP contribution in [0.3, 0.4) is 0 Å². The van der Waals surface area contributed by atoms with Crippen molar-refractivity contribution in [2.45, 2.75) is 19.8 Å². The van der Waals surface area contributed by atoms with Crippen LogP contribution in [0.5, 0.6) is 0 Å². The van der Waals surface area contributed by atoms with E-state index in [0.717, 1.165) is 31.5 Å². The first-order valence-electron chi connectivity index (χ1n) is 6.37. The molecule has 0 bridgehead atoms. The second kappa shape index (κ2) is 5.72. The Morgan fingerprint density at radius 1 is 1.44 bits per heavy atom. The molecule has 0 aliphatic carbocycles. The number of rotatable bonds is 2. The van der Waals surface area contributed by atoms with E-state index >= 15 is 0 Å². The average Bonchev–Trinajstić information content (AvgIpc) is 2.38. The van der Waals surface area contributed by atoms with Crippen LogP contribution < -0.4 is 5.73 Å². The third-order valence-corrected chi connectivity index (χ3v) is 3.90. The van der Waals surface area contributed by atoms with Crippen LogP contribution in [0.15, 0.2) is 18.2 Å². The van der Waals surface area contributed by atoms with Crippen molar-refractivity contribution >= 4 is 17.5 Å². The maximum absolute atomic E-state index is 12.3. The summed E-state index contributed by atoms with van der Waals surface area (Å²) in [5, 5.41) is 0.543. The average molecular weight is 267 g/mol. The third kappa shape index (κ3) is 2.85. The Hall–Kier alpha value is -1.06. The number of carbonyl (C=O) groups excluding carboxylic acids is 1. The van der Waals surface area contributed by atoms with E-state index in [1.165, 1.54) is 0 Å². The number of nitrogens with zero attached hydrogens (tertiary/aromatic N) is 1. The SMILES string of the molecule is Cc1ccc(C(=O)N2CCC(CN)CC2)c(Cl)c1. The zero-order valence-corrected chi connectivity index (χ0v) is 11.4. The second-order valence-corrected chi connectivity index (χ2v) is 5.36. The minimum atomic E-state index is 0.0375. The lowest BCUT2D eigenvalue weighted by molar-refractivity contribution is 0.0693. The summed E-state index contributed by atoms with van der Waals surface area (Å²) in [6, 6.07) is 5.57. The molecule has 4 heteroatoms. The number of likely N-dealkylation sites (tertiary alicyclic amines) is 1. The van der Waals surface area contributed by atoms with E-state index in [-0.39, 0.29) is 5.91 Å². The van der Waals surface area contributed by atoms with Crippen LogP contribution in [0.2, 0.25) is 5.02 Å². The summed E-state index contributed by atoms with van der Waals surface area (Å²) in [7, 11) is 0. The molecule has 1 amide bonds. The van der Waals surface area contributed by atoms with Crippen molar-refractivity contribution in [3.05, 3.63) is 34.3 Å². The quantitative estimate of drug-likeness (QED) is 0.894. The summed E-state index contributed by atoms with van der Waals surface area (Å²) < 4.78 is 0. The van der Waals surface area contributed by atoms with Gasteiger partial charge in [0.25, 0.3) is 5.91 Å². The van der Waals surface area contributed by atoms with Crippen LogP contribution in [0.1, 0.15) is 28.8 Å². The fourth-order valence-electron chi connectivity index (χ4n) is 2.34. The number of nitrogens with two attached hydrogens (primary N) is 1. The van der Waals surface area contributed by atoms with Crippen molar-refractivity contribution in [1.29, 1.82) is 0 Å². The first-order valence-corrected chi connectivity index (χ1v) is 6.75. The van der Waals surface area contributed by atoms with Gasteiger partial charge in [-0.05, 0) is 49.9 Å². The Morgan fingerprint density at radius 2 is 2.11 bits per heavy atom. The molecule has 1 saturated heterocycles. The van der Waals surface area contributed by atoms with Gasteiger partial charge in [0.15, 0.2) is 0 Å². The predicted molar refractivity (Wildman–Crippen MR) is 73.9 cm³/mol. The lowest BCUT2D eigenvalue weighted by Crippen LogP contribution is -2.40. The van der Waals surface area contributed by atoms with Crippen LogP contribution in [0.4, 0.5) is 0 Å². The molecule has 1 aromatic rings. The number of hydrogen-bond acceptors (Lipinski definition) is 2. The van der Waals surface area contributed by atoms with Crippen molar-refractivity contribution in [1.82, 2.24) is 4.90 Å². The van der Waals surface area contributed by atoms with Crippen molar-refractivity contribution < 1.29 is 4.79 Å². The molecule has 0 saturated carbocycles. The Kier molecular flexibility index (Phi) is 4.25. The van der Waals surface area contributed by atoms with E-state index in [0.29, 0.717) is 23.0 Å². The third-order valence-electron chi connectivity index (χ3n) is 3.59. The second-order valence-electron chi connectivity index (χ2n) is 4.95. The Morgan fingerprint density at radius 3 is 2.67 bits per heavy atom.